The molecule has 0 aromatic carbocycles. The fourth-order valence-corrected chi connectivity index (χ4v) is 3.41. The maximum Gasteiger partial charge on any atom is 0.234 e. The highest BCUT2D eigenvalue weighted by Crippen LogP contribution is 2.13. The van der Waals surface area contributed by atoms with Gasteiger partial charge in [-0.15, -0.1) is 24.0 Å². The number of carbonyl (C=O) groups is 1. The minimum absolute atomic E-state index is 0. The Hall–Kier alpha value is -1.36. The summed E-state index contributed by atoms with van der Waals surface area (Å²) in [5.41, 5.74) is 2.09. The number of nitrogens with one attached hydrogen (secondary N) is 3. The molecule has 1 aliphatic heterocycles. The fourth-order valence-electron chi connectivity index (χ4n) is 3.41. The number of carbonyl (C=O) groups excluding carboxylic acids is 1. The number of hydrogen-bond acceptors (Lipinski definition) is 5. The first-order valence-corrected chi connectivity index (χ1v) is 10.5. The average Bonchev–Trinajstić information content (AvgIpc) is 3.00. The zero-order valence-electron chi connectivity index (χ0n) is 18.2. The van der Waals surface area contributed by atoms with E-state index in [2.05, 4.69) is 39.9 Å². The standard InChI is InChI=1S/C20H36N6O2.HI/c1-5-10-22-19(27)14-26-12-8-17(9-13-26)24-20(21-6-2)23-11-7-18-15(3)25-28-16(18)4;/h17H,5-14H2,1-4H3,(H,22,27)(H2,21,23,24);1H. The third-order valence-corrected chi connectivity index (χ3v) is 5.02. The van der Waals surface area contributed by atoms with Gasteiger partial charge in [-0.3, -0.25) is 14.7 Å². The van der Waals surface area contributed by atoms with Gasteiger partial charge in [0.15, 0.2) is 5.96 Å². The number of aryl methyl sites for hydroxylation is 2. The highest BCUT2D eigenvalue weighted by Gasteiger charge is 2.21. The van der Waals surface area contributed by atoms with Crippen molar-refractivity contribution in [3.05, 3.63) is 17.0 Å². The van der Waals surface area contributed by atoms with E-state index in [1.165, 1.54) is 0 Å². The van der Waals surface area contributed by atoms with Crippen molar-refractivity contribution in [1.82, 2.24) is 26.0 Å². The molecule has 9 heteroatoms. The van der Waals surface area contributed by atoms with Gasteiger partial charge in [-0.1, -0.05) is 12.1 Å². The fraction of sp³-hybridized carbons (Fsp3) is 0.750. The largest absolute Gasteiger partial charge is 0.361 e. The lowest BCUT2D eigenvalue weighted by Crippen LogP contribution is -2.50. The van der Waals surface area contributed by atoms with E-state index in [1.807, 2.05) is 13.8 Å². The maximum atomic E-state index is 11.9. The number of guanidine groups is 1. The Morgan fingerprint density at radius 2 is 1.97 bits per heavy atom. The Labute approximate surface area is 191 Å². The van der Waals surface area contributed by atoms with Crippen molar-refractivity contribution in [2.75, 3.05) is 39.3 Å². The van der Waals surface area contributed by atoms with Crippen molar-refractivity contribution >= 4 is 35.8 Å². The molecule has 2 rings (SSSR count). The Kier molecular flexibility index (Phi) is 12.2. The van der Waals surface area contributed by atoms with Gasteiger partial charge in [-0.25, -0.2) is 0 Å². The summed E-state index contributed by atoms with van der Waals surface area (Å²) in [5.74, 6) is 1.86. The second kappa shape index (κ2) is 13.8. The minimum atomic E-state index is 0. The summed E-state index contributed by atoms with van der Waals surface area (Å²) < 4.78 is 5.22. The molecular formula is C20H37IN6O2. The van der Waals surface area contributed by atoms with Crippen molar-refractivity contribution in [3.63, 3.8) is 0 Å². The molecular weight excluding hydrogens is 483 g/mol. The molecule has 0 radical (unpaired) electrons. The lowest BCUT2D eigenvalue weighted by molar-refractivity contribution is -0.122. The van der Waals surface area contributed by atoms with Gasteiger partial charge in [0, 0.05) is 44.3 Å². The Bertz CT molecular complexity index is 621. The summed E-state index contributed by atoms with van der Waals surface area (Å²) in [5, 5.41) is 13.8. The van der Waals surface area contributed by atoms with Gasteiger partial charge >= 0.3 is 0 Å². The number of amides is 1. The van der Waals surface area contributed by atoms with Crippen LogP contribution >= 0.6 is 24.0 Å². The Morgan fingerprint density at radius 3 is 2.55 bits per heavy atom. The van der Waals surface area contributed by atoms with Crippen LogP contribution in [-0.4, -0.2) is 67.2 Å². The van der Waals surface area contributed by atoms with Crippen LogP contribution in [0.4, 0.5) is 0 Å². The minimum Gasteiger partial charge on any atom is -0.361 e. The van der Waals surface area contributed by atoms with Gasteiger partial charge in [0.2, 0.25) is 5.91 Å². The summed E-state index contributed by atoms with van der Waals surface area (Å²) >= 11 is 0. The lowest BCUT2D eigenvalue weighted by Gasteiger charge is -2.32. The first kappa shape index (κ1) is 25.7. The van der Waals surface area contributed by atoms with Gasteiger partial charge in [-0.2, -0.15) is 0 Å². The first-order chi connectivity index (χ1) is 13.5. The monoisotopic (exact) mass is 520 g/mol. The van der Waals surface area contributed by atoms with Crippen molar-refractivity contribution < 1.29 is 9.32 Å². The van der Waals surface area contributed by atoms with Crippen LogP contribution in [0.5, 0.6) is 0 Å². The molecule has 0 spiro atoms. The number of likely N-dealkylation sites (tertiary alicyclic amines) is 1. The zero-order valence-corrected chi connectivity index (χ0v) is 20.5. The van der Waals surface area contributed by atoms with Gasteiger partial charge in [0.05, 0.1) is 12.2 Å². The summed E-state index contributed by atoms with van der Waals surface area (Å²) in [6.45, 7) is 12.7. The molecule has 1 aliphatic rings. The number of aliphatic imine (C=N–C) groups is 1. The SMILES string of the molecule is CCCNC(=O)CN1CCC(NC(=NCCc2c(C)noc2C)NCC)CC1.I. The summed E-state index contributed by atoms with van der Waals surface area (Å²) in [7, 11) is 0. The molecule has 1 fully saturated rings. The third kappa shape index (κ3) is 8.90. The quantitative estimate of drug-likeness (QED) is 0.262. The van der Waals surface area contributed by atoms with Crippen LogP contribution in [0, 0.1) is 13.8 Å². The molecule has 1 aromatic rings. The molecule has 1 saturated heterocycles. The first-order valence-electron chi connectivity index (χ1n) is 10.5. The lowest BCUT2D eigenvalue weighted by atomic mass is 10.1. The van der Waals surface area contributed by atoms with Gasteiger partial charge < -0.3 is 20.5 Å². The molecule has 1 aromatic heterocycles. The highest BCUT2D eigenvalue weighted by molar-refractivity contribution is 14.0. The van der Waals surface area contributed by atoms with E-state index < -0.39 is 0 Å². The van der Waals surface area contributed by atoms with Crippen molar-refractivity contribution in [2.45, 2.75) is 59.4 Å². The highest BCUT2D eigenvalue weighted by atomic mass is 127. The zero-order chi connectivity index (χ0) is 20.4. The van der Waals surface area contributed by atoms with E-state index in [1.54, 1.807) is 0 Å². The molecule has 3 N–H and O–H groups in total. The average molecular weight is 520 g/mol. The van der Waals surface area contributed by atoms with Crippen LogP contribution in [0.1, 0.15) is 50.1 Å². The smallest absolute Gasteiger partial charge is 0.234 e. The van der Waals surface area contributed by atoms with Crippen molar-refractivity contribution in [3.8, 4) is 0 Å². The van der Waals surface area contributed by atoms with Gasteiger partial charge in [0.25, 0.3) is 0 Å². The Balaban J connectivity index is 0.00000420. The normalized spacial score (nSPS) is 15.7. The molecule has 0 atom stereocenters. The van der Waals surface area contributed by atoms with Crippen LogP contribution < -0.4 is 16.0 Å². The molecule has 1 amide bonds. The topological polar surface area (TPSA) is 94.8 Å². The molecule has 2 heterocycles. The number of aromatic nitrogens is 1. The number of nitrogens with zero attached hydrogens (tertiary/aromatic N) is 3. The predicted molar refractivity (Wildman–Crippen MR) is 127 cm³/mol. The number of hydrogen-bond donors (Lipinski definition) is 3. The van der Waals surface area contributed by atoms with Crippen LogP contribution in [0.25, 0.3) is 0 Å². The summed E-state index contributed by atoms with van der Waals surface area (Å²) in [6.07, 6.45) is 3.81. The Morgan fingerprint density at radius 1 is 1.24 bits per heavy atom. The number of halogens is 1. The molecule has 0 bridgehead atoms. The number of rotatable bonds is 9. The summed E-state index contributed by atoms with van der Waals surface area (Å²) in [6, 6.07) is 0.381. The van der Waals surface area contributed by atoms with Crippen LogP contribution in [0.3, 0.4) is 0 Å². The maximum absolute atomic E-state index is 11.9. The van der Waals surface area contributed by atoms with Crippen molar-refractivity contribution in [1.29, 1.82) is 0 Å². The van der Waals surface area contributed by atoms with Crippen LogP contribution in [-0.2, 0) is 11.2 Å². The van der Waals surface area contributed by atoms with E-state index in [-0.39, 0.29) is 29.9 Å². The van der Waals surface area contributed by atoms with E-state index in [4.69, 9.17) is 9.52 Å². The third-order valence-electron chi connectivity index (χ3n) is 5.02. The van der Waals surface area contributed by atoms with Crippen LogP contribution in [0.15, 0.2) is 9.52 Å². The van der Waals surface area contributed by atoms with Gasteiger partial charge in [-0.05, 0) is 46.5 Å². The van der Waals surface area contributed by atoms with E-state index >= 15 is 0 Å². The number of piperidine rings is 1. The molecule has 29 heavy (non-hydrogen) atoms. The molecule has 0 unspecified atom stereocenters. The molecule has 0 saturated carbocycles. The van der Waals surface area contributed by atoms with Gasteiger partial charge in [0.1, 0.15) is 5.76 Å². The van der Waals surface area contributed by atoms with E-state index in [0.29, 0.717) is 19.1 Å². The van der Waals surface area contributed by atoms with E-state index in [0.717, 1.165) is 74.8 Å². The predicted octanol–water partition coefficient (Wildman–Crippen LogP) is 2.00. The van der Waals surface area contributed by atoms with Crippen LogP contribution in [0.2, 0.25) is 0 Å². The summed E-state index contributed by atoms with van der Waals surface area (Å²) in [4.78, 5) is 18.8. The van der Waals surface area contributed by atoms with Crippen molar-refractivity contribution in [2.24, 2.45) is 4.99 Å². The van der Waals surface area contributed by atoms with E-state index in [9.17, 15) is 4.79 Å². The second-order valence-electron chi connectivity index (χ2n) is 7.36. The molecule has 8 nitrogen and oxygen atoms in total. The second-order valence-corrected chi connectivity index (χ2v) is 7.36. The molecule has 166 valence electrons. The molecule has 0 aliphatic carbocycles.